The molecule has 1 aliphatic carbocycles. The van der Waals surface area contributed by atoms with Gasteiger partial charge in [0.25, 0.3) is 5.91 Å². The molecule has 4 atom stereocenters. The highest BCUT2D eigenvalue weighted by Gasteiger charge is 2.54. The fraction of sp³-hybridized carbons (Fsp3) is 0.568. The first-order valence-corrected chi connectivity index (χ1v) is 19.0. The summed E-state index contributed by atoms with van der Waals surface area (Å²) in [5.41, 5.74) is 4.91. The third-order valence-electron chi connectivity index (χ3n) is 12.0. The summed E-state index contributed by atoms with van der Waals surface area (Å²) < 4.78 is 37.0. The molecule has 4 aliphatic rings. The fourth-order valence-electron chi connectivity index (χ4n) is 8.95. The number of hydrogen-bond donors (Lipinski definition) is 1. The summed E-state index contributed by atoms with van der Waals surface area (Å²) in [5.74, 6) is 0.486. The second-order valence-corrected chi connectivity index (χ2v) is 16.6. The number of likely N-dealkylation sites (N-methyl/N-ethyl adjacent to an activating group) is 1. The van der Waals surface area contributed by atoms with E-state index in [1.807, 2.05) is 18.2 Å². The lowest BCUT2D eigenvalue weighted by Gasteiger charge is -2.58. The number of piperazine rings is 1. The van der Waals surface area contributed by atoms with E-state index in [0.717, 1.165) is 83.0 Å². The molecular formula is C37H49N5O5S. The third kappa shape index (κ3) is 5.24. The third-order valence-corrected chi connectivity index (χ3v) is 13.5. The second kappa shape index (κ2) is 12.2. The normalized spacial score (nSPS) is 26.1. The highest BCUT2D eigenvalue weighted by molar-refractivity contribution is 7.87. The van der Waals surface area contributed by atoms with Crippen LogP contribution in [0, 0.1) is 5.41 Å². The number of hydrogen-bond acceptors (Lipinski definition) is 6. The molecular weight excluding hydrogens is 627 g/mol. The van der Waals surface area contributed by atoms with Crippen LogP contribution in [0.15, 0.2) is 36.4 Å². The predicted molar refractivity (Wildman–Crippen MR) is 187 cm³/mol. The second-order valence-electron chi connectivity index (χ2n) is 14.8. The van der Waals surface area contributed by atoms with Gasteiger partial charge >= 0.3 is 10.2 Å². The van der Waals surface area contributed by atoms with E-state index in [1.165, 1.54) is 19.0 Å². The minimum absolute atomic E-state index is 0.121. The van der Waals surface area contributed by atoms with Crippen molar-refractivity contribution in [3.8, 4) is 17.0 Å². The standard InChI is InChI=1S/C37H49N5O5S/c1-7-40(5)48(45,46)38-35(43)25-13-15-30-32(17-25)41-22-37(3,36(44)42-26-18-27(42)21-39(4)20-26)23(2)31-19-28(47-6)14-16-29(31)34(41)33(30)24-11-9-8-10-12-24/h13-17,19,23-24,26-27H,7-12,18,20-22H2,1-6H3,(H,38,43). The molecule has 11 heteroatoms. The fourth-order valence-corrected chi connectivity index (χ4v) is 9.80. The first kappa shape index (κ1) is 33.1. The molecule has 48 heavy (non-hydrogen) atoms. The number of benzene rings is 2. The van der Waals surface area contributed by atoms with Crippen LogP contribution in [0.1, 0.15) is 92.6 Å². The quantitative estimate of drug-likeness (QED) is 0.363. The lowest BCUT2D eigenvalue weighted by atomic mass is 9.70. The molecule has 3 aromatic rings. The van der Waals surface area contributed by atoms with Crippen molar-refractivity contribution in [2.75, 3.05) is 40.8 Å². The number of ether oxygens (including phenoxy) is 1. The molecule has 258 valence electrons. The minimum Gasteiger partial charge on any atom is -0.497 e. The van der Waals surface area contributed by atoms with Gasteiger partial charge in [-0.15, -0.1) is 0 Å². The Kier molecular flexibility index (Phi) is 8.40. The summed E-state index contributed by atoms with van der Waals surface area (Å²) in [7, 11) is 1.27. The van der Waals surface area contributed by atoms with E-state index in [-0.39, 0.29) is 36.0 Å². The van der Waals surface area contributed by atoms with Gasteiger partial charge in [-0.1, -0.05) is 39.2 Å². The van der Waals surface area contributed by atoms with Gasteiger partial charge < -0.3 is 19.1 Å². The van der Waals surface area contributed by atoms with E-state index in [0.29, 0.717) is 12.5 Å². The maximum absolute atomic E-state index is 15.0. The van der Waals surface area contributed by atoms with Crippen LogP contribution in [-0.4, -0.2) is 91.8 Å². The maximum Gasteiger partial charge on any atom is 0.303 e. The predicted octanol–water partition coefficient (Wildman–Crippen LogP) is 5.33. The van der Waals surface area contributed by atoms with Crippen LogP contribution in [0.5, 0.6) is 5.75 Å². The number of piperidine rings is 1. The highest BCUT2D eigenvalue weighted by Crippen LogP contribution is 2.53. The molecule has 1 saturated carbocycles. The molecule has 2 saturated heterocycles. The van der Waals surface area contributed by atoms with Gasteiger partial charge in [0, 0.05) is 67.3 Å². The molecule has 0 spiro atoms. The monoisotopic (exact) mass is 675 g/mol. The van der Waals surface area contributed by atoms with Crippen LogP contribution in [0.4, 0.5) is 0 Å². The lowest BCUT2D eigenvalue weighted by Crippen LogP contribution is -2.71. The lowest BCUT2D eigenvalue weighted by molar-refractivity contribution is -0.165. The van der Waals surface area contributed by atoms with Crippen LogP contribution in [0.3, 0.4) is 0 Å². The van der Waals surface area contributed by atoms with Gasteiger partial charge in [-0.25, -0.2) is 4.72 Å². The number of nitrogens with one attached hydrogen (secondary N) is 1. The number of fused-ring (bicyclic) bond motifs is 7. The number of carbonyl (C=O) groups excluding carboxylic acids is 2. The highest BCUT2D eigenvalue weighted by atomic mass is 32.2. The van der Waals surface area contributed by atoms with E-state index >= 15 is 0 Å². The van der Waals surface area contributed by atoms with Crippen LogP contribution >= 0.6 is 0 Å². The molecule has 2 amide bonds. The van der Waals surface area contributed by atoms with Gasteiger partial charge in [-0.3, -0.25) is 9.59 Å². The Labute approximate surface area is 284 Å². The van der Waals surface area contributed by atoms with E-state index in [9.17, 15) is 18.0 Å². The van der Waals surface area contributed by atoms with Gasteiger partial charge in [0.05, 0.1) is 18.2 Å². The summed E-state index contributed by atoms with van der Waals surface area (Å²) in [6.07, 6.45) is 6.75. The van der Waals surface area contributed by atoms with Gasteiger partial charge in [-0.05, 0) is 86.5 Å². The Balaban J connectivity index is 1.44. The first-order chi connectivity index (χ1) is 22.9. The van der Waals surface area contributed by atoms with Gasteiger partial charge in [0.15, 0.2) is 0 Å². The number of amides is 2. The number of carbonyl (C=O) groups is 2. The molecule has 1 aromatic heterocycles. The maximum atomic E-state index is 15.0. The summed E-state index contributed by atoms with van der Waals surface area (Å²) in [4.78, 5) is 32.9. The molecule has 0 radical (unpaired) electrons. The van der Waals surface area contributed by atoms with E-state index < -0.39 is 21.5 Å². The average Bonchev–Trinajstić information content (AvgIpc) is 3.34. The van der Waals surface area contributed by atoms with Crippen molar-refractivity contribution in [3.05, 3.63) is 53.1 Å². The number of nitrogens with zero attached hydrogens (tertiary/aromatic N) is 4. The molecule has 4 heterocycles. The number of rotatable bonds is 7. The van der Waals surface area contributed by atoms with E-state index in [1.54, 1.807) is 20.1 Å². The molecule has 7 rings (SSSR count). The van der Waals surface area contributed by atoms with Crippen molar-refractivity contribution in [2.24, 2.45) is 5.41 Å². The Morgan fingerprint density at radius 2 is 1.77 bits per heavy atom. The summed E-state index contributed by atoms with van der Waals surface area (Å²) in [6, 6.07) is 12.3. The molecule has 3 aliphatic heterocycles. The summed E-state index contributed by atoms with van der Waals surface area (Å²) >= 11 is 0. The van der Waals surface area contributed by atoms with Crippen molar-refractivity contribution in [1.29, 1.82) is 0 Å². The Hall–Kier alpha value is -3.41. The van der Waals surface area contributed by atoms with Crippen LogP contribution in [-0.2, 0) is 21.5 Å². The number of methoxy groups -OCH3 is 1. The van der Waals surface area contributed by atoms with Crippen molar-refractivity contribution >= 4 is 32.9 Å². The SMILES string of the molecule is CCN(C)S(=O)(=O)NC(=O)c1ccc2c(C3CCCCC3)c3n(c2c1)CC(C)(C(=O)N1C2CC1CN(C)C2)C(C)c1cc(OC)ccc1-3. The van der Waals surface area contributed by atoms with Crippen molar-refractivity contribution in [3.63, 3.8) is 0 Å². The number of likely N-dealkylation sites (tertiary alicyclic amines) is 2. The zero-order chi connectivity index (χ0) is 34.1. The largest absolute Gasteiger partial charge is 0.497 e. The molecule has 2 bridgehead atoms. The Bertz CT molecular complexity index is 1870. The zero-order valence-corrected chi connectivity index (χ0v) is 29.9. The van der Waals surface area contributed by atoms with Gasteiger partial charge in [0.1, 0.15) is 5.75 Å². The zero-order valence-electron chi connectivity index (χ0n) is 29.1. The molecule has 4 unspecified atom stereocenters. The van der Waals surface area contributed by atoms with Gasteiger partial charge in [-0.2, -0.15) is 12.7 Å². The Morgan fingerprint density at radius 1 is 1.06 bits per heavy atom. The average molecular weight is 676 g/mol. The smallest absolute Gasteiger partial charge is 0.303 e. The topological polar surface area (TPSA) is 104 Å². The Morgan fingerprint density at radius 3 is 2.44 bits per heavy atom. The van der Waals surface area contributed by atoms with E-state index in [4.69, 9.17) is 4.74 Å². The van der Waals surface area contributed by atoms with Crippen LogP contribution < -0.4 is 9.46 Å². The summed E-state index contributed by atoms with van der Waals surface area (Å²) in [5, 5.41) is 1.07. The van der Waals surface area contributed by atoms with Crippen molar-refractivity contribution < 1.29 is 22.7 Å². The van der Waals surface area contributed by atoms with Crippen molar-refractivity contribution in [1.82, 2.24) is 23.4 Å². The molecule has 1 N–H and O–H groups in total. The minimum atomic E-state index is -3.99. The first-order valence-electron chi connectivity index (χ1n) is 17.5. The van der Waals surface area contributed by atoms with Crippen LogP contribution in [0.25, 0.3) is 22.2 Å². The number of aromatic nitrogens is 1. The molecule has 3 fully saturated rings. The molecule has 2 aromatic carbocycles. The van der Waals surface area contributed by atoms with Crippen LogP contribution in [0.2, 0.25) is 0 Å². The van der Waals surface area contributed by atoms with Crippen molar-refractivity contribution in [2.45, 2.75) is 89.8 Å². The molecule has 10 nitrogen and oxygen atoms in total. The van der Waals surface area contributed by atoms with E-state index in [2.05, 4.69) is 52.1 Å². The summed E-state index contributed by atoms with van der Waals surface area (Å²) in [6.45, 7) is 8.47. The van der Waals surface area contributed by atoms with Gasteiger partial charge in [0.2, 0.25) is 5.91 Å².